The lowest BCUT2D eigenvalue weighted by Gasteiger charge is -2.30. The Labute approximate surface area is 167 Å². The van der Waals surface area contributed by atoms with E-state index in [2.05, 4.69) is 0 Å². The van der Waals surface area contributed by atoms with Crippen LogP contribution in [0.15, 0.2) is 36.4 Å². The minimum atomic E-state index is -4.90. The van der Waals surface area contributed by atoms with E-state index in [0.29, 0.717) is 6.29 Å². The SMILES string of the molecule is O=Cc1ccc(C2CC(c3cc(Cl)cc(Cl)c3)(C(F)(F)F)OC2=O)cc1Cl. The Morgan fingerprint density at radius 3 is 2.22 bits per heavy atom. The molecule has 2 aromatic carbocycles. The van der Waals surface area contributed by atoms with Crippen LogP contribution in [0.1, 0.15) is 33.8 Å². The molecule has 27 heavy (non-hydrogen) atoms. The molecule has 0 spiro atoms. The maximum atomic E-state index is 14.0. The Balaban J connectivity index is 2.09. The van der Waals surface area contributed by atoms with Crippen molar-refractivity contribution in [1.29, 1.82) is 0 Å². The average molecular weight is 438 g/mol. The van der Waals surface area contributed by atoms with Crippen LogP contribution in [-0.2, 0) is 15.1 Å². The van der Waals surface area contributed by atoms with Gasteiger partial charge in [-0.05, 0) is 35.9 Å². The summed E-state index contributed by atoms with van der Waals surface area (Å²) in [6.07, 6.45) is -5.10. The van der Waals surface area contributed by atoms with E-state index < -0.39 is 30.1 Å². The van der Waals surface area contributed by atoms with Crippen LogP contribution in [0, 0.1) is 0 Å². The smallest absolute Gasteiger partial charge is 0.432 e. The minimum absolute atomic E-state index is 0.0148. The molecule has 0 aliphatic carbocycles. The van der Waals surface area contributed by atoms with E-state index in [0.717, 1.165) is 12.1 Å². The van der Waals surface area contributed by atoms with Gasteiger partial charge in [0.05, 0.1) is 10.9 Å². The zero-order chi connectivity index (χ0) is 20.0. The molecule has 3 nitrogen and oxygen atoms in total. The van der Waals surface area contributed by atoms with Crippen LogP contribution < -0.4 is 0 Å². The highest BCUT2D eigenvalue weighted by Crippen LogP contribution is 2.54. The van der Waals surface area contributed by atoms with Crippen molar-refractivity contribution in [2.75, 3.05) is 0 Å². The summed E-state index contributed by atoms with van der Waals surface area (Å²) in [5.74, 6) is -2.28. The highest BCUT2D eigenvalue weighted by atomic mass is 35.5. The number of alkyl halides is 3. The summed E-state index contributed by atoms with van der Waals surface area (Å²) in [5.41, 5.74) is -2.87. The summed E-state index contributed by atoms with van der Waals surface area (Å²) < 4.78 is 46.8. The molecule has 0 radical (unpaired) electrons. The number of ether oxygens (including phenoxy) is 1. The monoisotopic (exact) mass is 436 g/mol. The summed E-state index contributed by atoms with van der Waals surface area (Å²) in [6.45, 7) is 0. The number of carbonyl (C=O) groups excluding carboxylic acids is 2. The number of hydrogen-bond donors (Lipinski definition) is 0. The quantitative estimate of drug-likeness (QED) is 0.440. The lowest BCUT2D eigenvalue weighted by Crippen LogP contribution is -2.42. The third kappa shape index (κ3) is 3.53. The number of halogens is 6. The molecule has 9 heteroatoms. The van der Waals surface area contributed by atoms with Gasteiger partial charge in [-0.15, -0.1) is 0 Å². The number of cyclic esters (lactones) is 1. The van der Waals surface area contributed by atoms with Crippen LogP contribution in [0.3, 0.4) is 0 Å². The van der Waals surface area contributed by atoms with Gasteiger partial charge in [0.15, 0.2) is 6.29 Å². The molecule has 3 rings (SSSR count). The molecule has 0 saturated carbocycles. The van der Waals surface area contributed by atoms with Crippen LogP contribution in [0.2, 0.25) is 15.1 Å². The summed E-state index contributed by atoms with van der Waals surface area (Å²) in [6, 6.07) is 7.41. The van der Waals surface area contributed by atoms with E-state index in [1.807, 2.05) is 0 Å². The summed E-state index contributed by atoms with van der Waals surface area (Å²) in [5, 5.41) is 0.00335. The highest BCUT2D eigenvalue weighted by molar-refractivity contribution is 6.34. The van der Waals surface area contributed by atoms with Crippen LogP contribution in [0.25, 0.3) is 0 Å². The number of hydrogen-bond acceptors (Lipinski definition) is 3. The largest absolute Gasteiger partial charge is 0.444 e. The van der Waals surface area contributed by atoms with Gasteiger partial charge < -0.3 is 4.74 Å². The van der Waals surface area contributed by atoms with Crippen molar-refractivity contribution in [3.63, 3.8) is 0 Å². The molecule has 1 heterocycles. The Morgan fingerprint density at radius 1 is 1.07 bits per heavy atom. The van der Waals surface area contributed by atoms with E-state index in [1.165, 1.54) is 24.3 Å². The van der Waals surface area contributed by atoms with E-state index in [4.69, 9.17) is 39.5 Å². The third-order valence-corrected chi connectivity index (χ3v) is 5.16. The number of rotatable bonds is 3. The van der Waals surface area contributed by atoms with E-state index in [-0.39, 0.29) is 31.8 Å². The first-order valence-electron chi connectivity index (χ1n) is 7.58. The van der Waals surface area contributed by atoms with Crippen molar-refractivity contribution in [2.24, 2.45) is 0 Å². The first kappa shape index (κ1) is 20.0. The fraction of sp³-hybridized carbons (Fsp3) is 0.222. The zero-order valence-electron chi connectivity index (χ0n) is 13.3. The first-order valence-corrected chi connectivity index (χ1v) is 8.71. The second kappa shape index (κ2) is 7.00. The van der Waals surface area contributed by atoms with Crippen molar-refractivity contribution >= 4 is 47.1 Å². The lowest BCUT2D eigenvalue weighted by molar-refractivity contribution is -0.264. The second-order valence-electron chi connectivity index (χ2n) is 6.06. The summed E-state index contributed by atoms with van der Waals surface area (Å²) >= 11 is 17.6. The fourth-order valence-corrected chi connectivity index (χ4v) is 3.83. The van der Waals surface area contributed by atoms with Gasteiger partial charge >= 0.3 is 12.1 Å². The third-order valence-electron chi connectivity index (χ3n) is 4.39. The zero-order valence-corrected chi connectivity index (χ0v) is 15.6. The van der Waals surface area contributed by atoms with E-state index in [9.17, 15) is 22.8 Å². The standard InChI is InChI=1S/C18H10Cl3F3O3/c19-12-4-11(5-13(20)6-12)17(18(22,23)24)7-14(16(26)27-17)9-1-2-10(8-25)15(21)3-9/h1-6,8,14H,7H2. The molecule has 1 saturated heterocycles. The van der Waals surface area contributed by atoms with Gasteiger partial charge in [-0.25, -0.2) is 0 Å². The highest BCUT2D eigenvalue weighted by Gasteiger charge is 2.65. The van der Waals surface area contributed by atoms with Crippen molar-refractivity contribution in [1.82, 2.24) is 0 Å². The molecule has 2 unspecified atom stereocenters. The van der Waals surface area contributed by atoms with Crippen molar-refractivity contribution in [3.8, 4) is 0 Å². The molecule has 1 fully saturated rings. The van der Waals surface area contributed by atoms with Gasteiger partial charge in [0.1, 0.15) is 0 Å². The number of esters is 1. The van der Waals surface area contributed by atoms with Crippen molar-refractivity contribution in [3.05, 3.63) is 68.2 Å². The summed E-state index contributed by atoms with van der Waals surface area (Å²) in [4.78, 5) is 23.2. The first-order chi connectivity index (χ1) is 12.6. The Hall–Kier alpha value is -1.76. The maximum Gasteiger partial charge on any atom is 0.432 e. The van der Waals surface area contributed by atoms with Crippen LogP contribution >= 0.6 is 34.8 Å². The molecular formula is C18H10Cl3F3O3. The van der Waals surface area contributed by atoms with Gasteiger partial charge in [0.2, 0.25) is 5.60 Å². The van der Waals surface area contributed by atoms with Crippen molar-refractivity contribution in [2.45, 2.75) is 24.1 Å². The van der Waals surface area contributed by atoms with Gasteiger partial charge in [-0.3, -0.25) is 9.59 Å². The van der Waals surface area contributed by atoms with Gasteiger partial charge in [0, 0.05) is 27.6 Å². The topological polar surface area (TPSA) is 43.4 Å². The van der Waals surface area contributed by atoms with Gasteiger partial charge in [0.25, 0.3) is 0 Å². The van der Waals surface area contributed by atoms with Crippen LogP contribution in [0.4, 0.5) is 13.2 Å². The van der Waals surface area contributed by atoms with E-state index >= 15 is 0 Å². The van der Waals surface area contributed by atoms with Crippen molar-refractivity contribution < 1.29 is 27.5 Å². The summed E-state index contributed by atoms with van der Waals surface area (Å²) in [7, 11) is 0. The Kier molecular flexibility index (Phi) is 5.18. The number of aldehydes is 1. The molecule has 142 valence electrons. The van der Waals surface area contributed by atoms with Gasteiger partial charge in [-0.2, -0.15) is 13.2 Å². The minimum Gasteiger partial charge on any atom is -0.444 e. The molecule has 0 N–H and O–H groups in total. The van der Waals surface area contributed by atoms with Crippen LogP contribution in [-0.4, -0.2) is 18.4 Å². The fourth-order valence-electron chi connectivity index (χ4n) is 3.07. The molecule has 0 amide bonds. The predicted octanol–water partition coefficient (Wildman–Crippen LogP) is 5.95. The Bertz CT molecular complexity index is 910. The number of carbonyl (C=O) groups is 2. The molecule has 0 bridgehead atoms. The molecule has 2 aromatic rings. The molecular weight excluding hydrogens is 428 g/mol. The maximum absolute atomic E-state index is 14.0. The predicted molar refractivity (Wildman–Crippen MR) is 94.5 cm³/mol. The van der Waals surface area contributed by atoms with E-state index in [1.54, 1.807) is 0 Å². The normalized spacial score (nSPS) is 22.6. The Morgan fingerprint density at radius 2 is 1.70 bits per heavy atom. The lowest BCUT2D eigenvalue weighted by atomic mass is 9.84. The molecule has 1 aliphatic heterocycles. The van der Waals surface area contributed by atoms with Crippen LogP contribution in [0.5, 0.6) is 0 Å². The average Bonchev–Trinajstić information content (AvgIpc) is 2.92. The molecule has 2 atom stereocenters. The number of benzene rings is 2. The molecule has 0 aromatic heterocycles. The molecule has 1 aliphatic rings. The van der Waals surface area contributed by atoms with Gasteiger partial charge in [-0.1, -0.05) is 40.9 Å². The second-order valence-corrected chi connectivity index (χ2v) is 7.34.